The maximum atomic E-state index is 12.1. The lowest BCUT2D eigenvalue weighted by atomic mass is 9.69. The molecule has 1 aromatic rings. The summed E-state index contributed by atoms with van der Waals surface area (Å²) in [4.78, 5) is 12.1. The zero-order chi connectivity index (χ0) is 17.0. The first-order valence-electron chi connectivity index (χ1n) is 8.77. The van der Waals surface area contributed by atoms with Crippen LogP contribution in [0.3, 0.4) is 0 Å². The zero-order valence-electron chi connectivity index (χ0n) is 15.1. The minimum absolute atomic E-state index is 0.0744. The highest BCUT2D eigenvalue weighted by atomic mass is 16.5. The van der Waals surface area contributed by atoms with E-state index in [-0.39, 0.29) is 17.2 Å². The number of anilines is 1. The SMILES string of the molecule is CC(C)c1cc(NC(=O)CNC2CCCCC2C(C)(C)C)on1. The Morgan fingerprint density at radius 3 is 2.65 bits per heavy atom. The summed E-state index contributed by atoms with van der Waals surface area (Å²) in [7, 11) is 0. The molecule has 0 aromatic carbocycles. The van der Waals surface area contributed by atoms with Crippen molar-refractivity contribution in [2.75, 3.05) is 11.9 Å². The highest BCUT2D eigenvalue weighted by molar-refractivity contribution is 5.90. The molecule has 0 spiro atoms. The van der Waals surface area contributed by atoms with Crippen LogP contribution in [0.2, 0.25) is 0 Å². The topological polar surface area (TPSA) is 67.2 Å². The minimum atomic E-state index is -0.0744. The Balaban J connectivity index is 1.85. The van der Waals surface area contributed by atoms with Gasteiger partial charge in [0, 0.05) is 12.1 Å². The molecule has 1 aromatic heterocycles. The number of rotatable bonds is 5. The molecule has 1 heterocycles. The third-order valence-electron chi connectivity index (χ3n) is 4.79. The molecule has 23 heavy (non-hydrogen) atoms. The van der Waals surface area contributed by atoms with Crippen LogP contribution in [-0.2, 0) is 4.79 Å². The molecule has 5 nitrogen and oxygen atoms in total. The molecular formula is C18H31N3O2. The molecule has 2 N–H and O–H groups in total. The van der Waals surface area contributed by atoms with Gasteiger partial charge in [-0.2, -0.15) is 0 Å². The van der Waals surface area contributed by atoms with E-state index in [9.17, 15) is 4.79 Å². The predicted molar refractivity (Wildman–Crippen MR) is 92.4 cm³/mol. The fourth-order valence-electron chi connectivity index (χ4n) is 3.44. The molecule has 0 bridgehead atoms. The molecule has 2 unspecified atom stereocenters. The summed E-state index contributed by atoms with van der Waals surface area (Å²) in [5.41, 5.74) is 1.12. The zero-order valence-corrected chi connectivity index (χ0v) is 15.1. The molecule has 1 amide bonds. The lowest BCUT2D eigenvalue weighted by Gasteiger charge is -2.40. The molecule has 1 fully saturated rings. The van der Waals surface area contributed by atoms with Gasteiger partial charge < -0.3 is 9.84 Å². The maximum Gasteiger partial charge on any atom is 0.240 e. The molecule has 0 aliphatic heterocycles. The van der Waals surface area contributed by atoms with Crippen molar-refractivity contribution in [2.24, 2.45) is 11.3 Å². The molecular weight excluding hydrogens is 290 g/mol. The number of hydrogen-bond acceptors (Lipinski definition) is 4. The van der Waals surface area contributed by atoms with Crippen LogP contribution in [0.5, 0.6) is 0 Å². The summed E-state index contributed by atoms with van der Waals surface area (Å²) >= 11 is 0. The lowest BCUT2D eigenvalue weighted by molar-refractivity contribution is -0.115. The van der Waals surface area contributed by atoms with Crippen LogP contribution in [0.15, 0.2) is 10.6 Å². The summed E-state index contributed by atoms with van der Waals surface area (Å²) in [6, 6.07) is 2.21. The fourth-order valence-corrected chi connectivity index (χ4v) is 3.44. The van der Waals surface area contributed by atoms with Gasteiger partial charge >= 0.3 is 0 Å². The van der Waals surface area contributed by atoms with Gasteiger partial charge in [0.2, 0.25) is 11.8 Å². The average molecular weight is 321 g/mol. The lowest BCUT2D eigenvalue weighted by Crippen LogP contribution is -2.46. The van der Waals surface area contributed by atoms with Crippen molar-refractivity contribution in [3.8, 4) is 0 Å². The van der Waals surface area contributed by atoms with Crippen molar-refractivity contribution in [2.45, 2.75) is 72.3 Å². The second-order valence-electron chi connectivity index (χ2n) is 8.06. The van der Waals surface area contributed by atoms with Gasteiger partial charge in [0.1, 0.15) is 0 Å². The molecule has 5 heteroatoms. The predicted octanol–water partition coefficient (Wildman–Crippen LogP) is 3.93. The number of hydrogen-bond donors (Lipinski definition) is 2. The second kappa shape index (κ2) is 7.47. The van der Waals surface area contributed by atoms with E-state index in [0.717, 1.165) is 12.1 Å². The number of amides is 1. The van der Waals surface area contributed by atoms with Crippen molar-refractivity contribution in [3.63, 3.8) is 0 Å². The standard InChI is InChI=1S/C18H31N3O2/c1-12(2)15-10-17(23-21-15)20-16(22)11-19-14-9-7-6-8-13(14)18(3,4)5/h10,12-14,19H,6-9,11H2,1-5H3,(H,20,22). The normalized spacial score (nSPS) is 22.3. The Morgan fingerprint density at radius 2 is 2.04 bits per heavy atom. The Morgan fingerprint density at radius 1 is 1.35 bits per heavy atom. The maximum absolute atomic E-state index is 12.1. The van der Waals surface area contributed by atoms with Crippen molar-refractivity contribution in [3.05, 3.63) is 11.8 Å². The molecule has 130 valence electrons. The molecule has 0 saturated heterocycles. The van der Waals surface area contributed by atoms with Crippen LogP contribution < -0.4 is 10.6 Å². The van der Waals surface area contributed by atoms with Crippen LogP contribution in [0.4, 0.5) is 5.88 Å². The van der Waals surface area contributed by atoms with Gasteiger partial charge in [-0.25, -0.2) is 0 Å². The van der Waals surface area contributed by atoms with Gasteiger partial charge in [-0.1, -0.05) is 52.6 Å². The minimum Gasteiger partial charge on any atom is -0.338 e. The van der Waals surface area contributed by atoms with Gasteiger partial charge in [0.25, 0.3) is 0 Å². The van der Waals surface area contributed by atoms with Crippen molar-refractivity contribution < 1.29 is 9.32 Å². The summed E-state index contributed by atoms with van der Waals surface area (Å²) in [6.45, 7) is 11.3. The first-order valence-corrected chi connectivity index (χ1v) is 8.77. The summed E-state index contributed by atoms with van der Waals surface area (Å²) in [6.07, 6.45) is 4.92. The van der Waals surface area contributed by atoms with Crippen molar-refractivity contribution in [1.29, 1.82) is 0 Å². The number of carbonyl (C=O) groups is 1. The Bertz CT molecular complexity index is 517. The first kappa shape index (κ1) is 18.0. The van der Waals surface area contributed by atoms with E-state index < -0.39 is 0 Å². The van der Waals surface area contributed by atoms with E-state index >= 15 is 0 Å². The van der Waals surface area contributed by atoms with Gasteiger partial charge in [-0.05, 0) is 30.1 Å². The monoisotopic (exact) mass is 321 g/mol. The molecule has 0 radical (unpaired) electrons. The van der Waals surface area contributed by atoms with Crippen molar-refractivity contribution in [1.82, 2.24) is 10.5 Å². The fraction of sp³-hybridized carbons (Fsp3) is 0.778. The third kappa shape index (κ3) is 5.06. The van der Waals surface area contributed by atoms with Crippen LogP contribution in [0.25, 0.3) is 0 Å². The molecule has 1 aliphatic rings. The van der Waals surface area contributed by atoms with E-state index in [1.54, 1.807) is 6.07 Å². The van der Waals surface area contributed by atoms with Crippen LogP contribution in [0, 0.1) is 11.3 Å². The molecule has 2 rings (SSSR count). The van der Waals surface area contributed by atoms with Crippen LogP contribution in [0.1, 0.15) is 71.9 Å². The largest absolute Gasteiger partial charge is 0.338 e. The van der Waals surface area contributed by atoms with Gasteiger partial charge in [-0.3, -0.25) is 10.1 Å². The smallest absolute Gasteiger partial charge is 0.240 e. The summed E-state index contributed by atoms with van der Waals surface area (Å²) in [5.74, 6) is 1.25. The van der Waals surface area contributed by atoms with E-state index in [0.29, 0.717) is 24.4 Å². The highest BCUT2D eigenvalue weighted by Gasteiger charge is 2.33. The van der Waals surface area contributed by atoms with Gasteiger partial charge in [-0.15, -0.1) is 0 Å². The van der Waals surface area contributed by atoms with Crippen LogP contribution >= 0.6 is 0 Å². The van der Waals surface area contributed by atoms with Crippen molar-refractivity contribution >= 4 is 11.8 Å². The number of nitrogens with zero attached hydrogens (tertiary/aromatic N) is 1. The van der Waals surface area contributed by atoms with E-state index in [2.05, 4.69) is 36.6 Å². The Hall–Kier alpha value is -1.36. The quantitative estimate of drug-likeness (QED) is 0.862. The number of aromatic nitrogens is 1. The van der Waals surface area contributed by atoms with Gasteiger partial charge in [0.05, 0.1) is 12.2 Å². The Kier molecular flexibility index (Phi) is 5.84. The summed E-state index contributed by atoms with van der Waals surface area (Å²) in [5, 5.41) is 10.2. The van der Waals surface area contributed by atoms with E-state index in [1.807, 2.05) is 13.8 Å². The van der Waals surface area contributed by atoms with Gasteiger partial charge in [0.15, 0.2) is 0 Å². The number of nitrogens with one attached hydrogen (secondary N) is 2. The Labute approximate surface area is 139 Å². The average Bonchev–Trinajstić information content (AvgIpc) is 2.93. The molecule has 1 saturated carbocycles. The molecule has 2 atom stereocenters. The highest BCUT2D eigenvalue weighted by Crippen LogP contribution is 2.37. The third-order valence-corrected chi connectivity index (χ3v) is 4.79. The molecule has 1 aliphatic carbocycles. The van der Waals surface area contributed by atoms with Crippen LogP contribution in [-0.4, -0.2) is 23.7 Å². The summed E-state index contributed by atoms with van der Waals surface area (Å²) < 4.78 is 5.15. The second-order valence-corrected chi connectivity index (χ2v) is 8.06. The number of carbonyl (C=O) groups excluding carboxylic acids is 1. The van der Waals surface area contributed by atoms with E-state index in [4.69, 9.17) is 4.52 Å². The first-order chi connectivity index (χ1) is 10.8. The van der Waals surface area contributed by atoms with E-state index in [1.165, 1.54) is 19.3 Å².